The van der Waals surface area contributed by atoms with Crippen molar-refractivity contribution >= 4 is 6.41 Å². The second-order valence-corrected chi connectivity index (χ2v) is 0.816. The molecule has 0 heterocycles. The predicted molar refractivity (Wildman–Crippen MR) is 20.9 cm³/mol. The lowest BCUT2D eigenvalue weighted by Gasteiger charge is -2.00. The number of carbonyl (C=O) groups excluding carboxylic acids is 1. The van der Waals surface area contributed by atoms with Crippen LogP contribution < -0.4 is 0 Å². The van der Waals surface area contributed by atoms with Gasteiger partial charge in [-0.25, -0.2) is 0 Å². The van der Waals surface area contributed by atoms with Gasteiger partial charge in [0.1, 0.15) is 6.68 Å². The van der Waals surface area contributed by atoms with Crippen molar-refractivity contribution in [2.24, 2.45) is 0 Å². The Labute approximate surface area is 39.0 Å². The van der Waals surface area contributed by atoms with Gasteiger partial charge in [-0.3, -0.25) is 4.79 Å². The van der Waals surface area contributed by atoms with Crippen LogP contribution in [-0.4, -0.2) is 30.1 Å². The monoisotopic (exact) mass is 91.1 g/mol. The van der Waals surface area contributed by atoms with Gasteiger partial charge in [0, 0.05) is 7.05 Å². The molecular weight excluding hydrogens is 82.0 g/mol. The number of hydrogen-bond donors (Lipinski definition) is 1. The van der Waals surface area contributed by atoms with Gasteiger partial charge in [0.15, 0.2) is 0 Å². The molecule has 0 atom stereocenters. The van der Waals surface area contributed by atoms with Crippen molar-refractivity contribution in [1.82, 2.24) is 4.90 Å². The normalized spacial score (nSPS) is 15.0. The number of amides is 1. The van der Waals surface area contributed by atoms with Gasteiger partial charge in [0.2, 0.25) is 6.41 Å². The summed E-state index contributed by atoms with van der Waals surface area (Å²) in [7, 11) is 1.15. The SMILES string of the molecule is [2H]C([2H])(O)N(C)C=O. The maximum absolute atomic E-state index is 9.68. The van der Waals surface area contributed by atoms with Crippen LogP contribution in [0.1, 0.15) is 2.74 Å². The van der Waals surface area contributed by atoms with Crippen molar-refractivity contribution in [2.45, 2.75) is 0 Å². The fourth-order valence-corrected chi connectivity index (χ4v) is 0.0236. The first-order valence-corrected chi connectivity index (χ1v) is 1.39. The van der Waals surface area contributed by atoms with Crippen molar-refractivity contribution in [3.05, 3.63) is 0 Å². The summed E-state index contributed by atoms with van der Waals surface area (Å²) in [5, 5.41) is 8.31. The molecule has 0 saturated carbocycles. The van der Waals surface area contributed by atoms with Crippen LogP contribution in [-0.2, 0) is 4.79 Å². The maximum Gasteiger partial charge on any atom is 0.211 e. The summed E-state index contributed by atoms with van der Waals surface area (Å²) in [6.07, 6.45) is 0.208. The molecule has 0 bridgehead atoms. The molecule has 1 amide bonds. The average Bonchev–Trinajstić information content (AvgIpc) is 1.62. The smallest absolute Gasteiger partial charge is 0.211 e. The first kappa shape index (κ1) is 2.58. The molecule has 0 aromatic carbocycles. The maximum atomic E-state index is 9.68. The molecular formula is C3H7NO2. The first-order chi connectivity index (χ1) is 3.48. The second-order valence-electron chi connectivity index (χ2n) is 0.816. The van der Waals surface area contributed by atoms with E-state index in [-0.39, 0.29) is 6.41 Å². The summed E-state index contributed by atoms with van der Waals surface area (Å²) < 4.78 is 12.9. The van der Waals surface area contributed by atoms with Gasteiger partial charge in [-0.05, 0) is 0 Å². The van der Waals surface area contributed by atoms with Crippen LogP contribution in [0.4, 0.5) is 0 Å². The lowest BCUT2D eigenvalue weighted by atomic mass is 10.9. The topological polar surface area (TPSA) is 40.5 Å². The first-order valence-electron chi connectivity index (χ1n) is 2.39. The minimum Gasteiger partial charge on any atom is -0.376 e. The quantitative estimate of drug-likeness (QED) is 0.350. The zero-order valence-electron chi connectivity index (χ0n) is 5.38. The highest BCUT2D eigenvalue weighted by molar-refractivity contribution is 5.45. The van der Waals surface area contributed by atoms with Crippen molar-refractivity contribution in [3.8, 4) is 0 Å². The summed E-state index contributed by atoms with van der Waals surface area (Å²) in [6.45, 7) is -2.53. The molecule has 0 saturated heterocycles. The largest absolute Gasteiger partial charge is 0.376 e. The van der Waals surface area contributed by atoms with E-state index in [1.807, 2.05) is 0 Å². The summed E-state index contributed by atoms with van der Waals surface area (Å²) in [4.78, 5) is 10.2. The Morgan fingerprint density at radius 1 is 2.33 bits per heavy atom. The third-order valence-electron chi connectivity index (χ3n) is 0.316. The molecule has 6 heavy (non-hydrogen) atoms. The van der Waals surface area contributed by atoms with Gasteiger partial charge in [0.05, 0.1) is 2.74 Å². The number of carbonyl (C=O) groups is 1. The van der Waals surface area contributed by atoms with E-state index < -0.39 is 6.68 Å². The Kier molecular flexibility index (Phi) is 1.14. The van der Waals surface area contributed by atoms with Gasteiger partial charge in [-0.15, -0.1) is 0 Å². The fraction of sp³-hybridized carbons (Fsp3) is 0.667. The van der Waals surface area contributed by atoms with Gasteiger partial charge in [-0.2, -0.15) is 0 Å². The number of nitrogens with zero attached hydrogens (tertiary/aromatic N) is 1. The van der Waals surface area contributed by atoms with E-state index in [0.717, 1.165) is 7.05 Å². The van der Waals surface area contributed by atoms with Gasteiger partial charge in [0.25, 0.3) is 0 Å². The summed E-state index contributed by atoms with van der Waals surface area (Å²) in [6, 6.07) is 0. The van der Waals surface area contributed by atoms with Gasteiger partial charge >= 0.3 is 0 Å². The lowest BCUT2D eigenvalue weighted by molar-refractivity contribution is -0.119. The van der Waals surface area contributed by atoms with Crippen LogP contribution in [0.25, 0.3) is 0 Å². The molecule has 0 aliphatic heterocycles. The molecule has 0 aliphatic carbocycles. The van der Waals surface area contributed by atoms with E-state index in [4.69, 9.17) is 7.85 Å². The molecule has 0 rings (SSSR count). The lowest BCUT2D eigenvalue weighted by Crippen LogP contribution is -2.15. The predicted octanol–water partition coefficient (Wildman–Crippen LogP) is -0.976. The van der Waals surface area contributed by atoms with Crippen LogP contribution >= 0.6 is 0 Å². The Balaban J connectivity index is 3.80. The highest BCUT2D eigenvalue weighted by atomic mass is 16.3. The molecule has 0 aromatic heterocycles. The van der Waals surface area contributed by atoms with E-state index in [9.17, 15) is 4.79 Å². The van der Waals surface area contributed by atoms with E-state index >= 15 is 0 Å². The standard InChI is InChI=1S/C3H7NO2/c1-4(2-5)3-6/h2,6H,3H2,1H3/i3D2. The molecule has 0 unspecified atom stereocenters. The molecule has 0 fully saturated rings. The van der Waals surface area contributed by atoms with E-state index in [1.54, 1.807) is 0 Å². The van der Waals surface area contributed by atoms with Crippen LogP contribution in [0, 0.1) is 0 Å². The van der Waals surface area contributed by atoms with Crippen LogP contribution in [0.5, 0.6) is 0 Å². The van der Waals surface area contributed by atoms with E-state index in [0.29, 0.717) is 4.90 Å². The zero-order chi connectivity index (χ0) is 6.78. The minimum atomic E-state index is -2.53. The molecule has 1 N–H and O–H groups in total. The highest BCUT2D eigenvalue weighted by Crippen LogP contribution is 1.62. The molecule has 0 aliphatic rings. The Morgan fingerprint density at radius 2 is 2.83 bits per heavy atom. The molecule has 3 nitrogen and oxygen atoms in total. The third kappa shape index (κ3) is 1.72. The van der Waals surface area contributed by atoms with E-state index in [2.05, 4.69) is 0 Å². The average molecular weight is 91.1 g/mol. The third-order valence-corrected chi connectivity index (χ3v) is 0.316. The van der Waals surface area contributed by atoms with Crippen molar-refractivity contribution in [2.75, 3.05) is 13.7 Å². The number of aliphatic hydroxyl groups is 1. The molecule has 0 radical (unpaired) electrons. The highest BCUT2D eigenvalue weighted by Gasteiger charge is 1.80. The van der Waals surface area contributed by atoms with Crippen molar-refractivity contribution in [1.29, 1.82) is 0 Å². The Bertz CT molecular complexity index is 89.8. The van der Waals surface area contributed by atoms with Gasteiger partial charge in [-0.1, -0.05) is 0 Å². The summed E-state index contributed by atoms with van der Waals surface area (Å²) in [5.41, 5.74) is 0. The molecule has 3 heteroatoms. The van der Waals surface area contributed by atoms with Crippen molar-refractivity contribution < 1.29 is 12.6 Å². The molecule has 0 aromatic rings. The van der Waals surface area contributed by atoms with E-state index in [1.165, 1.54) is 0 Å². The van der Waals surface area contributed by atoms with Crippen LogP contribution in [0.2, 0.25) is 0 Å². The zero-order valence-corrected chi connectivity index (χ0v) is 3.38. The Hall–Kier alpha value is -0.570. The second kappa shape index (κ2) is 2.66. The number of hydrogen-bond acceptors (Lipinski definition) is 2. The summed E-state index contributed by atoms with van der Waals surface area (Å²) in [5.74, 6) is 0. The molecule has 36 valence electrons. The number of rotatable bonds is 2. The van der Waals surface area contributed by atoms with Gasteiger partial charge < -0.3 is 10.0 Å². The summed E-state index contributed by atoms with van der Waals surface area (Å²) >= 11 is 0. The Morgan fingerprint density at radius 3 is 2.83 bits per heavy atom. The van der Waals surface area contributed by atoms with Crippen molar-refractivity contribution in [3.63, 3.8) is 0 Å². The fourth-order valence-electron chi connectivity index (χ4n) is 0.0236. The van der Waals surface area contributed by atoms with Crippen LogP contribution in [0.15, 0.2) is 0 Å². The van der Waals surface area contributed by atoms with Crippen LogP contribution in [0.3, 0.4) is 0 Å². The molecule has 0 spiro atoms. The minimum absolute atomic E-state index is 0.208.